The van der Waals surface area contributed by atoms with Crippen molar-refractivity contribution in [3.05, 3.63) is 11.5 Å². The third-order valence-electron chi connectivity index (χ3n) is 2.42. The van der Waals surface area contributed by atoms with Crippen molar-refractivity contribution in [1.29, 1.82) is 0 Å². The van der Waals surface area contributed by atoms with Gasteiger partial charge >= 0.3 is 5.97 Å². The minimum absolute atomic E-state index is 0.00116. The van der Waals surface area contributed by atoms with Crippen LogP contribution in [0.5, 0.6) is 0 Å². The first-order valence-corrected chi connectivity index (χ1v) is 4.74. The van der Waals surface area contributed by atoms with E-state index in [1.165, 1.54) is 11.5 Å². The summed E-state index contributed by atoms with van der Waals surface area (Å²) >= 11 is 3.80. The van der Waals surface area contributed by atoms with Gasteiger partial charge in [-0.25, -0.2) is 0 Å². The summed E-state index contributed by atoms with van der Waals surface area (Å²) in [6.45, 7) is 0. The van der Waals surface area contributed by atoms with Gasteiger partial charge in [-0.1, -0.05) is 0 Å². The summed E-state index contributed by atoms with van der Waals surface area (Å²) in [5.41, 5.74) is 0. The summed E-state index contributed by atoms with van der Waals surface area (Å²) in [4.78, 5) is 21.9. The van der Waals surface area contributed by atoms with Gasteiger partial charge in [0.05, 0.1) is 5.92 Å². The number of aliphatic carboxylic acids is 1. The van der Waals surface area contributed by atoms with Crippen LogP contribution < -0.4 is 0 Å². The first-order chi connectivity index (χ1) is 6.15. The van der Waals surface area contributed by atoms with Gasteiger partial charge in [-0.15, -0.1) is 0 Å². The van der Waals surface area contributed by atoms with Crippen LogP contribution in [0.3, 0.4) is 0 Å². The number of ketones is 1. The Morgan fingerprint density at radius 1 is 1.31 bits per heavy atom. The lowest BCUT2D eigenvalue weighted by molar-refractivity contribution is -0.141. The third kappa shape index (κ3) is 2.59. The molecule has 0 spiro atoms. The van der Waals surface area contributed by atoms with Crippen LogP contribution >= 0.6 is 12.6 Å². The SMILES string of the molecule is O=C(/C=C\S)C1CC[C@@H](C(=O)O)C1. The molecule has 1 fully saturated rings. The van der Waals surface area contributed by atoms with Crippen molar-refractivity contribution >= 4 is 24.4 Å². The van der Waals surface area contributed by atoms with Crippen LogP contribution in [0.2, 0.25) is 0 Å². The number of rotatable bonds is 3. The van der Waals surface area contributed by atoms with Crippen molar-refractivity contribution in [3.8, 4) is 0 Å². The van der Waals surface area contributed by atoms with Crippen molar-refractivity contribution in [2.24, 2.45) is 11.8 Å². The van der Waals surface area contributed by atoms with E-state index in [1.54, 1.807) is 0 Å². The molecular formula is C9H12O3S. The van der Waals surface area contributed by atoms with Gasteiger partial charge in [0.2, 0.25) is 0 Å². The maximum absolute atomic E-state index is 11.3. The van der Waals surface area contributed by atoms with E-state index in [0.717, 1.165) is 0 Å². The first-order valence-electron chi connectivity index (χ1n) is 4.22. The fraction of sp³-hybridized carbons (Fsp3) is 0.556. The predicted octanol–water partition coefficient (Wildman–Crippen LogP) is 1.50. The standard InChI is InChI=1S/C9H12O3S/c10-8(3-4-13)6-1-2-7(5-6)9(11)12/h3-4,6-7,13H,1-2,5H2,(H,11,12)/b4-3-/t6?,7-/m1/s1. The van der Waals surface area contributed by atoms with Gasteiger partial charge in [-0.2, -0.15) is 12.6 Å². The van der Waals surface area contributed by atoms with Gasteiger partial charge in [0.15, 0.2) is 5.78 Å². The Balaban J connectivity index is 2.50. The largest absolute Gasteiger partial charge is 0.481 e. The molecular weight excluding hydrogens is 188 g/mol. The van der Waals surface area contributed by atoms with E-state index in [9.17, 15) is 9.59 Å². The summed E-state index contributed by atoms with van der Waals surface area (Å²) in [6.07, 6.45) is 3.18. The van der Waals surface area contributed by atoms with Crippen LogP contribution in [0.15, 0.2) is 11.5 Å². The lowest BCUT2D eigenvalue weighted by atomic mass is 10.0. The van der Waals surface area contributed by atoms with Crippen molar-refractivity contribution in [3.63, 3.8) is 0 Å². The Morgan fingerprint density at radius 3 is 2.38 bits per heavy atom. The molecule has 0 saturated heterocycles. The summed E-state index contributed by atoms with van der Waals surface area (Å²) in [5.74, 6) is -1.23. The highest BCUT2D eigenvalue weighted by Crippen LogP contribution is 2.31. The molecule has 1 rings (SSSR count). The molecule has 1 aliphatic rings. The Hall–Kier alpha value is -0.770. The second-order valence-corrected chi connectivity index (χ2v) is 3.56. The van der Waals surface area contributed by atoms with Crippen molar-refractivity contribution in [2.45, 2.75) is 19.3 Å². The van der Waals surface area contributed by atoms with E-state index in [2.05, 4.69) is 12.6 Å². The van der Waals surface area contributed by atoms with Crippen LogP contribution in [0.25, 0.3) is 0 Å². The van der Waals surface area contributed by atoms with E-state index in [0.29, 0.717) is 19.3 Å². The molecule has 2 atom stereocenters. The summed E-state index contributed by atoms with van der Waals surface area (Å²) < 4.78 is 0. The minimum Gasteiger partial charge on any atom is -0.481 e. The molecule has 0 bridgehead atoms. The molecule has 0 aromatic rings. The molecule has 1 unspecified atom stereocenters. The average Bonchev–Trinajstić information content (AvgIpc) is 2.52. The summed E-state index contributed by atoms with van der Waals surface area (Å²) in [5, 5.41) is 10.1. The fourth-order valence-corrected chi connectivity index (χ4v) is 1.82. The molecule has 0 aliphatic heterocycles. The van der Waals surface area contributed by atoms with Crippen LogP contribution in [-0.2, 0) is 9.59 Å². The molecule has 0 amide bonds. The number of carboxylic acid groups (broad SMARTS) is 1. The van der Waals surface area contributed by atoms with Gasteiger partial charge in [0.1, 0.15) is 0 Å². The van der Waals surface area contributed by atoms with Gasteiger partial charge in [0.25, 0.3) is 0 Å². The molecule has 72 valence electrons. The topological polar surface area (TPSA) is 54.4 Å². The van der Waals surface area contributed by atoms with Crippen LogP contribution in [0.4, 0.5) is 0 Å². The van der Waals surface area contributed by atoms with Gasteiger partial charge in [0, 0.05) is 5.92 Å². The second-order valence-electron chi connectivity index (χ2n) is 3.26. The predicted molar refractivity (Wildman–Crippen MR) is 51.6 cm³/mol. The van der Waals surface area contributed by atoms with E-state index in [1.807, 2.05) is 0 Å². The molecule has 1 aliphatic carbocycles. The zero-order valence-electron chi connectivity index (χ0n) is 7.14. The maximum atomic E-state index is 11.3. The van der Waals surface area contributed by atoms with Gasteiger partial charge in [-0.05, 0) is 30.7 Å². The van der Waals surface area contributed by atoms with Crippen LogP contribution in [-0.4, -0.2) is 16.9 Å². The fourth-order valence-electron chi connectivity index (χ4n) is 1.67. The van der Waals surface area contributed by atoms with E-state index < -0.39 is 5.97 Å². The third-order valence-corrected chi connectivity index (χ3v) is 2.57. The molecule has 1 N–H and O–H groups in total. The van der Waals surface area contributed by atoms with E-state index >= 15 is 0 Å². The normalized spacial score (nSPS) is 28.1. The zero-order chi connectivity index (χ0) is 9.84. The van der Waals surface area contributed by atoms with Crippen molar-refractivity contribution < 1.29 is 14.7 Å². The quantitative estimate of drug-likeness (QED) is 0.536. The number of carbonyl (C=O) groups is 2. The molecule has 0 aromatic carbocycles. The average molecular weight is 200 g/mol. The molecule has 0 radical (unpaired) electrons. The second kappa shape index (κ2) is 4.46. The number of thiol groups is 1. The summed E-state index contributed by atoms with van der Waals surface area (Å²) in [6, 6.07) is 0. The Bertz CT molecular complexity index is 247. The van der Waals surface area contributed by atoms with Crippen LogP contribution in [0, 0.1) is 11.8 Å². The molecule has 4 heteroatoms. The van der Waals surface area contributed by atoms with Gasteiger partial charge in [-0.3, -0.25) is 9.59 Å². The van der Waals surface area contributed by atoms with Crippen molar-refractivity contribution in [1.82, 2.24) is 0 Å². The number of allylic oxidation sites excluding steroid dienone is 1. The Labute approximate surface area is 82.2 Å². The van der Waals surface area contributed by atoms with Gasteiger partial charge < -0.3 is 5.11 Å². The monoisotopic (exact) mass is 200 g/mol. The lowest BCUT2D eigenvalue weighted by Gasteiger charge is -2.03. The highest BCUT2D eigenvalue weighted by Gasteiger charge is 2.32. The zero-order valence-corrected chi connectivity index (χ0v) is 8.04. The Morgan fingerprint density at radius 2 is 1.92 bits per heavy atom. The Kier molecular flexibility index (Phi) is 3.54. The summed E-state index contributed by atoms with van der Waals surface area (Å²) in [7, 11) is 0. The van der Waals surface area contributed by atoms with Crippen LogP contribution in [0.1, 0.15) is 19.3 Å². The smallest absolute Gasteiger partial charge is 0.306 e. The molecule has 0 heterocycles. The minimum atomic E-state index is -0.787. The maximum Gasteiger partial charge on any atom is 0.306 e. The lowest BCUT2D eigenvalue weighted by Crippen LogP contribution is -2.12. The number of hydrogen-bond donors (Lipinski definition) is 2. The highest BCUT2D eigenvalue weighted by molar-refractivity contribution is 7.83. The van der Waals surface area contributed by atoms with Crippen molar-refractivity contribution in [2.75, 3.05) is 0 Å². The first kappa shape index (κ1) is 10.3. The van der Waals surface area contributed by atoms with E-state index in [-0.39, 0.29) is 17.6 Å². The number of carboxylic acids is 1. The molecule has 3 nitrogen and oxygen atoms in total. The highest BCUT2D eigenvalue weighted by atomic mass is 32.1. The molecule has 0 aromatic heterocycles. The number of carbonyl (C=O) groups excluding carboxylic acids is 1. The number of hydrogen-bond acceptors (Lipinski definition) is 3. The van der Waals surface area contributed by atoms with E-state index in [4.69, 9.17) is 5.11 Å². The molecule has 13 heavy (non-hydrogen) atoms. The molecule has 1 saturated carbocycles.